The van der Waals surface area contributed by atoms with E-state index in [9.17, 15) is 25.5 Å². The summed E-state index contributed by atoms with van der Waals surface area (Å²) in [5, 5.41) is 49.5. The predicted molar refractivity (Wildman–Crippen MR) is 70.6 cm³/mol. The number of rotatable bonds is 4. The molecule has 2 heterocycles. The highest BCUT2D eigenvalue weighted by Gasteiger charge is 2.54. The molecule has 2 saturated heterocycles. The molecular weight excluding hydrogens is 300 g/mol. The lowest BCUT2D eigenvalue weighted by molar-refractivity contribution is -0.372. The summed E-state index contributed by atoms with van der Waals surface area (Å²) in [7, 11) is 1.40. The Balaban J connectivity index is 2.10. The SMILES string of the molecule is COCC1OC(OC2(C)OC(C)C(O)C2O)C(O)C(O)C1O. The minimum atomic E-state index is -1.62. The quantitative estimate of drug-likeness (QED) is 0.374. The van der Waals surface area contributed by atoms with Gasteiger partial charge in [0.1, 0.15) is 36.6 Å². The largest absolute Gasteiger partial charge is 0.387 e. The first kappa shape index (κ1) is 18.0. The fourth-order valence-corrected chi connectivity index (χ4v) is 2.72. The monoisotopic (exact) mass is 324 g/mol. The maximum atomic E-state index is 10.0. The van der Waals surface area contributed by atoms with Gasteiger partial charge >= 0.3 is 0 Å². The normalized spacial score (nSPS) is 52.9. The van der Waals surface area contributed by atoms with Crippen LogP contribution in [-0.4, -0.2) is 94.1 Å². The highest BCUT2D eigenvalue weighted by Crippen LogP contribution is 2.35. The molecule has 130 valence electrons. The smallest absolute Gasteiger partial charge is 0.197 e. The molecule has 0 amide bonds. The van der Waals surface area contributed by atoms with Gasteiger partial charge in [-0.05, 0) is 13.8 Å². The van der Waals surface area contributed by atoms with Crippen LogP contribution in [0.5, 0.6) is 0 Å². The zero-order chi connectivity index (χ0) is 16.7. The number of aliphatic hydroxyl groups is 5. The number of hydrogen-bond acceptors (Lipinski definition) is 9. The van der Waals surface area contributed by atoms with E-state index in [4.69, 9.17) is 18.9 Å². The fraction of sp³-hybridized carbons (Fsp3) is 1.00. The van der Waals surface area contributed by atoms with Crippen LogP contribution in [-0.2, 0) is 18.9 Å². The van der Waals surface area contributed by atoms with Gasteiger partial charge in [0.25, 0.3) is 0 Å². The van der Waals surface area contributed by atoms with Crippen molar-refractivity contribution in [1.29, 1.82) is 0 Å². The lowest BCUT2D eigenvalue weighted by Gasteiger charge is -2.43. The summed E-state index contributed by atoms with van der Waals surface area (Å²) in [6.45, 7) is 2.93. The van der Waals surface area contributed by atoms with E-state index in [0.717, 1.165) is 0 Å². The average Bonchev–Trinajstić information content (AvgIpc) is 2.66. The zero-order valence-corrected chi connectivity index (χ0v) is 12.7. The zero-order valence-electron chi connectivity index (χ0n) is 12.7. The number of ether oxygens (including phenoxy) is 4. The molecule has 9 nitrogen and oxygen atoms in total. The van der Waals surface area contributed by atoms with Crippen molar-refractivity contribution in [1.82, 2.24) is 0 Å². The molecule has 0 saturated carbocycles. The van der Waals surface area contributed by atoms with E-state index >= 15 is 0 Å². The van der Waals surface area contributed by atoms with Crippen molar-refractivity contribution in [2.24, 2.45) is 0 Å². The molecule has 2 aliphatic rings. The van der Waals surface area contributed by atoms with Crippen LogP contribution in [0.25, 0.3) is 0 Å². The Morgan fingerprint density at radius 1 is 1.00 bits per heavy atom. The Bertz CT molecular complexity index is 381. The third-order valence-electron chi connectivity index (χ3n) is 4.11. The van der Waals surface area contributed by atoms with Gasteiger partial charge in [-0.3, -0.25) is 0 Å². The maximum absolute atomic E-state index is 10.0. The van der Waals surface area contributed by atoms with Crippen molar-refractivity contribution in [3.05, 3.63) is 0 Å². The van der Waals surface area contributed by atoms with Crippen molar-refractivity contribution in [3.8, 4) is 0 Å². The lowest BCUT2D eigenvalue weighted by atomic mass is 9.99. The fourth-order valence-electron chi connectivity index (χ4n) is 2.72. The molecule has 0 aromatic rings. The molecular formula is C13H24O9. The molecule has 0 aromatic carbocycles. The summed E-state index contributed by atoms with van der Waals surface area (Å²) in [5.41, 5.74) is 0. The van der Waals surface area contributed by atoms with Crippen LogP contribution in [0.15, 0.2) is 0 Å². The van der Waals surface area contributed by atoms with Gasteiger partial charge in [-0.2, -0.15) is 0 Å². The molecule has 0 aliphatic carbocycles. The van der Waals surface area contributed by atoms with Gasteiger partial charge in [0, 0.05) is 7.11 Å². The van der Waals surface area contributed by atoms with Crippen LogP contribution in [0, 0.1) is 0 Å². The molecule has 0 radical (unpaired) electrons. The first-order chi connectivity index (χ1) is 10.2. The van der Waals surface area contributed by atoms with Gasteiger partial charge in [0.2, 0.25) is 0 Å². The summed E-state index contributed by atoms with van der Waals surface area (Å²) in [4.78, 5) is 0. The van der Waals surface area contributed by atoms with E-state index in [0.29, 0.717) is 0 Å². The van der Waals surface area contributed by atoms with Crippen LogP contribution in [0.3, 0.4) is 0 Å². The highest BCUT2D eigenvalue weighted by molar-refractivity contribution is 4.95. The molecule has 22 heavy (non-hydrogen) atoms. The molecule has 0 spiro atoms. The second kappa shape index (κ2) is 6.63. The van der Waals surface area contributed by atoms with E-state index in [-0.39, 0.29) is 6.61 Å². The number of methoxy groups -OCH3 is 1. The van der Waals surface area contributed by atoms with Crippen molar-refractivity contribution in [3.63, 3.8) is 0 Å². The average molecular weight is 324 g/mol. The van der Waals surface area contributed by atoms with Gasteiger partial charge in [-0.1, -0.05) is 0 Å². The summed E-state index contributed by atoms with van der Waals surface area (Å²) in [6.07, 6.45) is -9.88. The molecule has 2 rings (SSSR count). The Morgan fingerprint density at radius 3 is 2.14 bits per heavy atom. The van der Waals surface area contributed by atoms with E-state index < -0.39 is 54.8 Å². The van der Waals surface area contributed by atoms with Crippen LogP contribution in [0.1, 0.15) is 13.8 Å². The number of aliphatic hydroxyl groups excluding tert-OH is 5. The molecule has 0 bridgehead atoms. The van der Waals surface area contributed by atoms with E-state index in [1.807, 2.05) is 0 Å². The van der Waals surface area contributed by atoms with Gasteiger partial charge in [0.05, 0.1) is 12.7 Å². The topological polar surface area (TPSA) is 138 Å². The summed E-state index contributed by atoms with van der Waals surface area (Å²) < 4.78 is 21.1. The van der Waals surface area contributed by atoms with Crippen LogP contribution in [0.4, 0.5) is 0 Å². The molecule has 9 unspecified atom stereocenters. The second-order valence-electron chi connectivity index (χ2n) is 5.86. The van der Waals surface area contributed by atoms with Gasteiger partial charge < -0.3 is 44.5 Å². The van der Waals surface area contributed by atoms with Gasteiger partial charge in [0.15, 0.2) is 12.1 Å². The summed E-state index contributed by atoms with van der Waals surface area (Å²) >= 11 is 0. The minimum absolute atomic E-state index is 0.0238. The third-order valence-corrected chi connectivity index (χ3v) is 4.11. The number of hydrogen-bond donors (Lipinski definition) is 5. The van der Waals surface area contributed by atoms with Crippen molar-refractivity contribution in [2.45, 2.75) is 68.7 Å². The maximum Gasteiger partial charge on any atom is 0.197 e. The van der Waals surface area contributed by atoms with Crippen LogP contribution >= 0.6 is 0 Å². The summed E-state index contributed by atoms with van der Waals surface area (Å²) in [5.74, 6) is -1.62. The molecule has 0 aromatic heterocycles. The molecule has 5 N–H and O–H groups in total. The Morgan fingerprint density at radius 2 is 1.64 bits per heavy atom. The van der Waals surface area contributed by atoms with Crippen LogP contribution in [0.2, 0.25) is 0 Å². The van der Waals surface area contributed by atoms with Crippen molar-refractivity contribution < 1.29 is 44.5 Å². The van der Waals surface area contributed by atoms with E-state index in [1.165, 1.54) is 14.0 Å². The lowest BCUT2D eigenvalue weighted by Crippen LogP contribution is -2.61. The molecule has 9 heteroatoms. The predicted octanol–water partition coefficient (Wildman–Crippen LogP) is -2.69. The standard InChI is InChI=1S/C13H24O9/c1-5-7(14)11(18)13(2,21-5)22-12-10(17)9(16)8(15)6(20-12)4-19-3/h5-12,14-18H,4H2,1-3H3. The van der Waals surface area contributed by atoms with Crippen molar-refractivity contribution in [2.75, 3.05) is 13.7 Å². The Kier molecular flexibility index (Phi) is 5.42. The molecule has 9 atom stereocenters. The van der Waals surface area contributed by atoms with Gasteiger partial charge in [-0.25, -0.2) is 0 Å². The van der Waals surface area contributed by atoms with Crippen LogP contribution < -0.4 is 0 Å². The molecule has 2 aliphatic heterocycles. The third kappa shape index (κ3) is 3.14. The second-order valence-corrected chi connectivity index (χ2v) is 5.86. The Hall–Kier alpha value is -0.360. The van der Waals surface area contributed by atoms with Gasteiger partial charge in [-0.15, -0.1) is 0 Å². The Labute approximate surface area is 128 Å². The minimum Gasteiger partial charge on any atom is -0.387 e. The molecule has 2 fully saturated rings. The van der Waals surface area contributed by atoms with E-state index in [1.54, 1.807) is 6.92 Å². The van der Waals surface area contributed by atoms with E-state index in [2.05, 4.69) is 0 Å². The summed E-state index contributed by atoms with van der Waals surface area (Å²) in [6, 6.07) is 0. The first-order valence-electron chi connectivity index (χ1n) is 7.11. The van der Waals surface area contributed by atoms with Crippen molar-refractivity contribution >= 4 is 0 Å². The first-order valence-corrected chi connectivity index (χ1v) is 7.11. The highest BCUT2D eigenvalue weighted by atomic mass is 16.8.